The summed E-state index contributed by atoms with van der Waals surface area (Å²) >= 11 is 1.88. The molecule has 0 radical (unpaired) electrons. The van der Waals surface area contributed by atoms with E-state index in [1.54, 1.807) is 0 Å². The second kappa shape index (κ2) is 11.5. The number of quaternary nitrogens is 1. The Kier molecular flexibility index (Phi) is 9.70. The average Bonchev–Trinajstić information content (AvgIpc) is 3.19. The number of thioether (sulfide) groups is 1. The molecule has 174 valence electrons. The van der Waals surface area contributed by atoms with Crippen molar-refractivity contribution in [3.05, 3.63) is 0 Å². The highest BCUT2D eigenvalue weighted by atomic mass is 32.2. The summed E-state index contributed by atoms with van der Waals surface area (Å²) in [5.74, 6) is 0.667. The summed E-state index contributed by atoms with van der Waals surface area (Å²) in [6.45, 7) is 3.81. The SMILES string of the molecule is CCCC[N+](C)(CCCNC(=O)CCCCC1SCC2NC(=O)NC21)CS(=O)(=O)O. The van der Waals surface area contributed by atoms with E-state index < -0.39 is 10.1 Å². The van der Waals surface area contributed by atoms with Crippen LogP contribution in [0.1, 0.15) is 51.9 Å². The van der Waals surface area contributed by atoms with Crippen LogP contribution < -0.4 is 16.0 Å². The highest BCUT2D eigenvalue weighted by Gasteiger charge is 2.42. The normalized spacial score (nSPS) is 25.3. The number of fused-ring (bicyclic) bond motifs is 1. The van der Waals surface area contributed by atoms with Crippen LogP contribution in [-0.4, -0.2) is 85.0 Å². The van der Waals surface area contributed by atoms with Crippen LogP contribution >= 0.6 is 11.8 Å². The monoisotopic (exact) mass is 465 g/mol. The molecule has 3 amide bonds. The zero-order valence-corrected chi connectivity index (χ0v) is 19.7. The van der Waals surface area contributed by atoms with E-state index in [0.717, 1.165) is 37.9 Å². The molecule has 30 heavy (non-hydrogen) atoms. The Balaban J connectivity index is 1.58. The van der Waals surface area contributed by atoms with Crippen LogP contribution in [0.15, 0.2) is 0 Å². The number of hydrogen-bond donors (Lipinski definition) is 4. The third-order valence-corrected chi connectivity index (χ3v) is 8.26. The largest absolute Gasteiger partial charge is 0.356 e. The molecule has 2 aliphatic heterocycles. The lowest BCUT2D eigenvalue weighted by Crippen LogP contribution is -2.49. The standard InChI is InChI=1S/C19H36N4O5S2/c1-3-4-11-23(2,14-30(26,27)28)12-7-10-20-17(24)9-6-5-8-16-18-15(13-29-16)21-19(25)22-18/h15-16,18H,3-14H2,1-2H3,(H3-,20,21,22,24,25,26,27,28)/p+1. The molecule has 0 aromatic rings. The van der Waals surface area contributed by atoms with Gasteiger partial charge in [-0.05, 0) is 19.3 Å². The van der Waals surface area contributed by atoms with Crippen LogP contribution in [0.5, 0.6) is 0 Å². The Morgan fingerprint density at radius 1 is 1.23 bits per heavy atom. The third kappa shape index (κ3) is 8.60. The van der Waals surface area contributed by atoms with E-state index >= 15 is 0 Å². The van der Waals surface area contributed by atoms with Crippen LogP contribution in [0, 0.1) is 0 Å². The van der Waals surface area contributed by atoms with E-state index in [1.807, 2.05) is 25.7 Å². The highest BCUT2D eigenvalue weighted by molar-refractivity contribution is 8.00. The van der Waals surface area contributed by atoms with Gasteiger partial charge in [-0.2, -0.15) is 20.2 Å². The number of carbonyl (C=O) groups excluding carboxylic acids is 2. The maximum absolute atomic E-state index is 12.1. The number of hydrogen-bond acceptors (Lipinski definition) is 5. The van der Waals surface area contributed by atoms with Gasteiger partial charge >= 0.3 is 16.1 Å². The average molecular weight is 466 g/mol. The number of nitrogens with zero attached hydrogens (tertiary/aromatic N) is 1. The highest BCUT2D eigenvalue weighted by Crippen LogP contribution is 2.33. The number of urea groups is 1. The van der Waals surface area contributed by atoms with Gasteiger partial charge in [-0.1, -0.05) is 19.8 Å². The van der Waals surface area contributed by atoms with Crippen molar-refractivity contribution in [2.75, 3.05) is 38.3 Å². The molecule has 0 aromatic carbocycles. The molecule has 0 spiro atoms. The van der Waals surface area contributed by atoms with Crippen molar-refractivity contribution in [2.45, 2.75) is 69.2 Å². The van der Waals surface area contributed by atoms with Crippen molar-refractivity contribution < 1.29 is 27.0 Å². The van der Waals surface area contributed by atoms with E-state index in [9.17, 15) is 22.6 Å². The lowest BCUT2D eigenvalue weighted by atomic mass is 10.0. The fourth-order valence-electron chi connectivity index (χ4n) is 4.23. The molecular weight excluding hydrogens is 428 g/mol. The van der Waals surface area contributed by atoms with Gasteiger partial charge in [0.05, 0.1) is 32.2 Å². The molecule has 4 atom stereocenters. The van der Waals surface area contributed by atoms with Gasteiger partial charge in [0.25, 0.3) is 0 Å². The molecule has 0 aromatic heterocycles. The van der Waals surface area contributed by atoms with E-state index in [4.69, 9.17) is 0 Å². The zero-order chi connectivity index (χ0) is 22.2. The molecule has 0 aliphatic carbocycles. The first-order valence-electron chi connectivity index (χ1n) is 10.9. The van der Waals surface area contributed by atoms with Crippen molar-refractivity contribution in [1.29, 1.82) is 0 Å². The quantitative estimate of drug-likeness (QED) is 0.133. The second-order valence-corrected chi connectivity index (χ2v) is 11.4. The summed E-state index contributed by atoms with van der Waals surface area (Å²) in [7, 11) is -2.21. The Labute approximate surface area is 184 Å². The van der Waals surface area contributed by atoms with Crippen LogP contribution in [0.3, 0.4) is 0 Å². The van der Waals surface area contributed by atoms with E-state index in [1.165, 1.54) is 0 Å². The minimum atomic E-state index is -4.04. The van der Waals surface area contributed by atoms with Gasteiger partial charge in [-0.15, -0.1) is 0 Å². The maximum Gasteiger partial charge on any atom is 0.316 e. The first-order chi connectivity index (χ1) is 14.1. The Bertz CT molecular complexity index is 690. The first kappa shape index (κ1) is 25.2. The van der Waals surface area contributed by atoms with Crippen LogP contribution in [0.25, 0.3) is 0 Å². The summed E-state index contributed by atoms with van der Waals surface area (Å²) in [5, 5.41) is 9.24. The predicted octanol–water partition coefficient (Wildman–Crippen LogP) is 1.31. The number of rotatable bonds is 14. The molecule has 2 heterocycles. The third-order valence-electron chi connectivity index (χ3n) is 5.80. The molecule has 11 heteroatoms. The zero-order valence-electron chi connectivity index (χ0n) is 18.1. The van der Waals surface area contributed by atoms with E-state index in [-0.39, 0.29) is 34.4 Å². The Hall–Kier alpha value is -1.04. The lowest BCUT2D eigenvalue weighted by Gasteiger charge is -2.33. The minimum Gasteiger partial charge on any atom is -0.356 e. The molecule has 2 aliphatic rings. The molecule has 4 N–H and O–H groups in total. The molecule has 0 saturated carbocycles. The summed E-state index contributed by atoms with van der Waals surface area (Å²) in [6, 6.07) is 0.368. The lowest BCUT2D eigenvalue weighted by molar-refractivity contribution is -0.898. The molecule has 2 rings (SSSR count). The Morgan fingerprint density at radius 2 is 1.97 bits per heavy atom. The maximum atomic E-state index is 12.1. The van der Waals surface area contributed by atoms with Crippen LogP contribution in [-0.2, 0) is 14.9 Å². The van der Waals surface area contributed by atoms with Gasteiger partial charge in [0, 0.05) is 30.4 Å². The molecule has 9 nitrogen and oxygen atoms in total. The summed E-state index contributed by atoms with van der Waals surface area (Å²) in [4.78, 5) is 23.5. The first-order valence-corrected chi connectivity index (χ1v) is 13.5. The number of nitrogens with one attached hydrogen (secondary N) is 3. The summed E-state index contributed by atoms with van der Waals surface area (Å²) in [5.41, 5.74) is 0. The minimum absolute atomic E-state index is 0.0142. The van der Waals surface area contributed by atoms with E-state index in [0.29, 0.717) is 37.7 Å². The second-order valence-electron chi connectivity index (χ2n) is 8.70. The van der Waals surface area contributed by atoms with Crippen LogP contribution in [0.4, 0.5) is 4.79 Å². The van der Waals surface area contributed by atoms with Crippen LogP contribution in [0.2, 0.25) is 0 Å². The predicted molar refractivity (Wildman–Crippen MR) is 119 cm³/mol. The van der Waals surface area contributed by atoms with Crippen molar-refractivity contribution in [1.82, 2.24) is 16.0 Å². The topological polar surface area (TPSA) is 125 Å². The number of amides is 3. The summed E-state index contributed by atoms with van der Waals surface area (Å²) < 4.78 is 32.1. The summed E-state index contributed by atoms with van der Waals surface area (Å²) in [6.07, 6.45) is 5.74. The molecular formula is C19H37N4O5S2+. The Morgan fingerprint density at radius 3 is 2.67 bits per heavy atom. The van der Waals surface area contributed by atoms with Gasteiger partial charge < -0.3 is 20.4 Å². The number of unbranched alkanes of at least 4 members (excludes halogenated alkanes) is 2. The van der Waals surface area contributed by atoms with Gasteiger partial charge in [0.15, 0.2) is 0 Å². The number of carbonyl (C=O) groups is 2. The van der Waals surface area contributed by atoms with E-state index in [2.05, 4.69) is 16.0 Å². The van der Waals surface area contributed by atoms with Crippen molar-refractivity contribution in [3.8, 4) is 0 Å². The van der Waals surface area contributed by atoms with Crippen molar-refractivity contribution in [3.63, 3.8) is 0 Å². The fourth-order valence-corrected chi connectivity index (χ4v) is 6.82. The van der Waals surface area contributed by atoms with Gasteiger partial charge in [0.1, 0.15) is 0 Å². The molecule has 4 unspecified atom stereocenters. The van der Waals surface area contributed by atoms with Gasteiger partial charge in [-0.25, -0.2) is 4.79 Å². The van der Waals surface area contributed by atoms with Crippen molar-refractivity contribution >= 4 is 33.8 Å². The van der Waals surface area contributed by atoms with Crippen molar-refractivity contribution in [2.24, 2.45) is 0 Å². The van der Waals surface area contributed by atoms with Gasteiger partial charge in [-0.3, -0.25) is 9.35 Å². The smallest absolute Gasteiger partial charge is 0.316 e. The molecule has 2 fully saturated rings. The fraction of sp³-hybridized carbons (Fsp3) is 0.895. The van der Waals surface area contributed by atoms with Gasteiger partial charge in [0.2, 0.25) is 11.8 Å². The molecule has 0 bridgehead atoms. The molecule has 2 saturated heterocycles.